The van der Waals surface area contributed by atoms with Gasteiger partial charge in [0.05, 0.1) is 6.04 Å². The van der Waals surface area contributed by atoms with E-state index < -0.39 is 0 Å². The van der Waals surface area contributed by atoms with Gasteiger partial charge in [0.2, 0.25) is 6.41 Å². The van der Waals surface area contributed by atoms with Crippen molar-refractivity contribution in [2.24, 2.45) is 0 Å². The van der Waals surface area contributed by atoms with Crippen LogP contribution in [-0.4, -0.2) is 6.41 Å². The Morgan fingerprint density at radius 1 is 1.58 bits per heavy atom. The minimum Gasteiger partial charge on any atom is -0.352 e. The molecule has 1 N–H and O–H groups in total. The van der Waals surface area contributed by atoms with Gasteiger partial charge in [0.1, 0.15) is 0 Å². The highest BCUT2D eigenvalue weighted by atomic mass is 79.9. The summed E-state index contributed by atoms with van der Waals surface area (Å²) in [7, 11) is 0. The largest absolute Gasteiger partial charge is 0.352 e. The van der Waals surface area contributed by atoms with Crippen LogP contribution >= 0.6 is 15.9 Å². The monoisotopic (exact) mass is 227 g/mol. The summed E-state index contributed by atoms with van der Waals surface area (Å²) in [4.78, 5) is 10.2. The average molecular weight is 228 g/mol. The molecule has 2 nitrogen and oxygen atoms in total. The molecule has 1 atom stereocenters. The first kappa shape index (κ1) is 9.26. The van der Waals surface area contributed by atoms with Crippen molar-refractivity contribution in [1.82, 2.24) is 5.32 Å². The summed E-state index contributed by atoms with van der Waals surface area (Å²) in [6.45, 7) is 1.94. The molecular formula is C9H10BrNO. The van der Waals surface area contributed by atoms with Crippen molar-refractivity contribution in [1.29, 1.82) is 0 Å². The Kier molecular flexibility index (Phi) is 3.29. The summed E-state index contributed by atoms with van der Waals surface area (Å²) in [5, 5.41) is 2.69. The zero-order valence-corrected chi connectivity index (χ0v) is 8.34. The van der Waals surface area contributed by atoms with Gasteiger partial charge in [-0.15, -0.1) is 0 Å². The number of amides is 1. The molecule has 3 heteroatoms. The fourth-order valence-corrected chi connectivity index (χ4v) is 1.39. The van der Waals surface area contributed by atoms with Gasteiger partial charge in [0, 0.05) is 4.47 Å². The number of benzene rings is 1. The molecule has 1 rings (SSSR count). The molecule has 0 heterocycles. The van der Waals surface area contributed by atoms with E-state index in [1.165, 1.54) is 0 Å². The van der Waals surface area contributed by atoms with Gasteiger partial charge in [-0.2, -0.15) is 0 Å². The molecule has 0 radical (unpaired) electrons. The predicted molar refractivity (Wildman–Crippen MR) is 51.8 cm³/mol. The molecule has 0 aliphatic carbocycles. The van der Waals surface area contributed by atoms with Gasteiger partial charge in [0.15, 0.2) is 0 Å². The van der Waals surface area contributed by atoms with Crippen molar-refractivity contribution >= 4 is 22.3 Å². The van der Waals surface area contributed by atoms with Crippen LogP contribution in [0.4, 0.5) is 0 Å². The maximum Gasteiger partial charge on any atom is 0.207 e. The molecule has 0 fully saturated rings. The van der Waals surface area contributed by atoms with E-state index in [1.807, 2.05) is 31.2 Å². The smallest absolute Gasteiger partial charge is 0.207 e. The van der Waals surface area contributed by atoms with Crippen LogP contribution in [0.1, 0.15) is 18.5 Å². The van der Waals surface area contributed by atoms with E-state index in [4.69, 9.17) is 0 Å². The molecular weight excluding hydrogens is 218 g/mol. The third-order valence-electron chi connectivity index (χ3n) is 1.67. The van der Waals surface area contributed by atoms with Gasteiger partial charge < -0.3 is 5.32 Å². The summed E-state index contributed by atoms with van der Waals surface area (Å²) >= 11 is 3.37. The van der Waals surface area contributed by atoms with E-state index >= 15 is 0 Å². The highest BCUT2D eigenvalue weighted by molar-refractivity contribution is 9.10. The standard InChI is InChI=1S/C9H10BrNO/c1-7(11-6-12)8-3-2-4-9(10)5-8/h2-7H,1H3,(H,11,12). The number of carbonyl (C=O) groups excluding carboxylic acids is 1. The molecule has 1 aromatic rings. The molecule has 64 valence electrons. The van der Waals surface area contributed by atoms with Crippen molar-refractivity contribution in [3.8, 4) is 0 Å². The summed E-state index contributed by atoms with van der Waals surface area (Å²) in [6, 6.07) is 7.94. The van der Waals surface area contributed by atoms with Crippen LogP contribution in [0.15, 0.2) is 28.7 Å². The van der Waals surface area contributed by atoms with Crippen molar-refractivity contribution < 1.29 is 4.79 Å². The van der Waals surface area contributed by atoms with Gasteiger partial charge >= 0.3 is 0 Å². The van der Waals surface area contributed by atoms with Crippen LogP contribution in [-0.2, 0) is 4.79 Å². The number of hydrogen-bond donors (Lipinski definition) is 1. The molecule has 12 heavy (non-hydrogen) atoms. The minimum atomic E-state index is 0.0694. The lowest BCUT2D eigenvalue weighted by molar-refractivity contribution is -0.110. The molecule has 0 spiro atoms. The Morgan fingerprint density at radius 3 is 2.92 bits per heavy atom. The zero-order chi connectivity index (χ0) is 8.97. The molecule has 1 aromatic carbocycles. The third-order valence-corrected chi connectivity index (χ3v) is 2.16. The minimum absolute atomic E-state index is 0.0694. The van der Waals surface area contributed by atoms with E-state index in [0.29, 0.717) is 6.41 Å². The first-order valence-electron chi connectivity index (χ1n) is 3.69. The lowest BCUT2D eigenvalue weighted by Crippen LogP contribution is -2.15. The topological polar surface area (TPSA) is 29.1 Å². The molecule has 0 bridgehead atoms. The Hall–Kier alpha value is -0.830. The summed E-state index contributed by atoms with van der Waals surface area (Å²) in [5.74, 6) is 0. The third kappa shape index (κ3) is 2.34. The maximum atomic E-state index is 10.2. The van der Waals surface area contributed by atoms with Gasteiger partial charge in [-0.1, -0.05) is 28.1 Å². The van der Waals surface area contributed by atoms with Crippen molar-refractivity contribution in [2.75, 3.05) is 0 Å². The van der Waals surface area contributed by atoms with E-state index in [0.717, 1.165) is 10.0 Å². The van der Waals surface area contributed by atoms with Crippen LogP contribution in [0.25, 0.3) is 0 Å². The fraction of sp³-hybridized carbons (Fsp3) is 0.222. The van der Waals surface area contributed by atoms with E-state index in [1.54, 1.807) is 0 Å². The fourth-order valence-electron chi connectivity index (χ4n) is 0.974. The highest BCUT2D eigenvalue weighted by Gasteiger charge is 2.02. The number of nitrogens with one attached hydrogen (secondary N) is 1. The number of carbonyl (C=O) groups is 1. The van der Waals surface area contributed by atoms with Gasteiger partial charge in [-0.25, -0.2) is 0 Å². The Balaban J connectivity index is 2.80. The lowest BCUT2D eigenvalue weighted by Gasteiger charge is -2.09. The first-order valence-corrected chi connectivity index (χ1v) is 4.48. The van der Waals surface area contributed by atoms with Crippen molar-refractivity contribution in [2.45, 2.75) is 13.0 Å². The van der Waals surface area contributed by atoms with Gasteiger partial charge in [-0.05, 0) is 24.6 Å². The van der Waals surface area contributed by atoms with Crippen LogP contribution in [0, 0.1) is 0 Å². The van der Waals surface area contributed by atoms with E-state index in [2.05, 4.69) is 21.2 Å². The average Bonchev–Trinajstić information content (AvgIpc) is 2.05. The Labute approximate surface area is 80.1 Å². The van der Waals surface area contributed by atoms with Gasteiger partial charge in [0.25, 0.3) is 0 Å². The zero-order valence-electron chi connectivity index (χ0n) is 6.75. The lowest BCUT2D eigenvalue weighted by atomic mass is 10.1. The molecule has 1 amide bonds. The van der Waals surface area contributed by atoms with E-state index in [-0.39, 0.29) is 6.04 Å². The molecule has 0 aliphatic rings. The van der Waals surface area contributed by atoms with E-state index in [9.17, 15) is 4.79 Å². The molecule has 0 aliphatic heterocycles. The van der Waals surface area contributed by atoms with Crippen molar-refractivity contribution in [3.05, 3.63) is 34.3 Å². The van der Waals surface area contributed by atoms with Gasteiger partial charge in [-0.3, -0.25) is 4.79 Å². The summed E-state index contributed by atoms with van der Waals surface area (Å²) in [6.07, 6.45) is 0.714. The molecule has 0 saturated heterocycles. The first-order chi connectivity index (χ1) is 5.74. The van der Waals surface area contributed by atoms with Crippen molar-refractivity contribution in [3.63, 3.8) is 0 Å². The van der Waals surface area contributed by atoms with Crippen LogP contribution < -0.4 is 5.32 Å². The number of rotatable bonds is 3. The van der Waals surface area contributed by atoms with Crippen LogP contribution in [0.5, 0.6) is 0 Å². The summed E-state index contributed by atoms with van der Waals surface area (Å²) in [5.41, 5.74) is 1.09. The Morgan fingerprint density at radius 2 is 2.33 bits per heavy atom. The summed E-state index contributed by atoms with van der Waals surface area (Å²) < 4.78 is 1.03. The molecule has 1 unspecified atom stereocenters. The molecule has 0 aromatic heterocycles. The Bertz CT molecular complexity index is 275. The second kappa shape index (κ2) is 4.26. The SMILES string of the molecule is CC(NC=O)c1cccc(Br)c1. The number of halogens is 1. The van der Waals surface area contributed by atoms with Crippen LogP contribution in [0.3, 0.4) is 0 Å². The maximum absolute atomic E-state index is 10.2. The van der Waals surface area contributed by atoms with Crippen LogP contribution in [0.2, 0.25) is 0 Å². The second-order valence-corrected chi connectivity index (χ2v) is 3.48. The molecule has 0 saturated carbocycles. The number of hydrogen-bond acceptors (Lipinski definition) is 1. The quantitative estimate of drug-likeness (QED) is 0.790. The predicted octanol–water partition coefficient (Wildman–Crippen LogP) is 2.26. The normalized spacial score (nSPS) is 12.2. The second-order valence-electron chi connectivity index (χ2n) is 2.56. The highest BCUT2D eigenvalue weighted by Crippen LogP contribution is 2.16.